The van der Waals surface area contributed by atoms with Crippen LogP contribution in [0.25, 0.3) is 11.1 Å². The Morgan fingerprint density at radius 1 is 1.07 bits per heavy atom. The van der Waals surface area contributed by atoms with Crippen molar-refractivity contribution >= 4 is 17.0 Å². The molecule has 6 nitrogen and oxygen atoms in total. The summed E-state index contributed by atoms with van der Waals surface area (Å²) in [6.45, 7) is -0.972. The molecule has 0 aliphatic carbocycles. The lowest BCUT2D eigenvalue weighted by Gasteiger charge is -2.09. The molecule has 0 fully saturated rings. The van der Waals surface area contributed by atoms with Crippen LogP contribution in [0, 0.1) is 0 Å². The van der Waals surface area contributed by atoms with Crippen molar-refractivity contribution in [1.82, 2.24) is 9.88 Å². The van der Waals surface area contributed by atoms with Crippen molar-refractivity contribution in [2.24, 2.45) is 0 Å². The molecule has 3 rings (SSSR count). The Morgan fingerprint density at radius 3 is 2.48 bits per heavy atom. The summed E-state index contributed by atoms with van der Waals surface area (Å²) in [6, 6.07) is 13.7. The Kier molecular flexibility index (Phi) is 6.38. The first kappa shape index (κ1) is 20.7. The van der Waals surface area contributed by atoms with Gasteiger partial charge in [-0.3, -0.25) is 9.36 Å². The van der Waals surface area contributed by atoms with Crippen LogP contribution in [0.1, 0.15) is 17.5 Å². The number of oxazole rings is 1. The van der Waals surface area contributed by atoms with E-state index in [-0.39, 0.29) is 32.0 Å². The molecule has 0 aliphatic heterocycles. The number of amides is 1. The number of rotatable bonds is 8. The molecule has 0 saturated heterocycles. The number of carbonyl (C=O) groups excluding carboxylic acids is 1. The van der Waals surface area contributed by atoms with Crippen LogP contribution >= 0.6 is 0 Å². The van der Waals surface area contributed by atoms with Gasteiger partial charge in [-0.25, -0.2) is 4.79 Å². The number of alkyl halides is 3. The van der Waals surface area contributed by atoms with E-state index >= 15 is 0 Å². The number of nitrogens with one attached hydrogen (secondary N) is 1. The normalized spacial score (nSPS) is 11.7. The lowest BCUT2D eigenvalue weighted by molar-refractivity contribution is -0.176. The van der Waals surface area contributed by atoms with E-state index in [1.807, 2.05) is 0 Å². The number of fused-ring (bicyclic) bond motifs is 1. The molecule has 9 heteroatoms. The first-order valence-electron chi connectivity index (χ1n) is 8.89. The number of hydrogen-bond acceptors (Lipinski definition) is 4. The molecule has 1 amide bonds. The molecule has 0 saturated carbocycles. The van der Waals surface area contributed by atoms with Gasteiger partial charge in [0.2, 0.25) is 5.91 Å². The quantitative estimate of drug-likeness (QED) is 0.620. The maximum absolute atomic E-state index is 12.1. The van der Waals surface area contributed by atoms with Gasteiger partial charge in [0, 0.05) is 19.5 Å². The molecule has 0 atom stereocenters. The third-order valence-corrected chi connectivity index (χ3v) is 4.18. The number of ether oxygens (including phenoxy) is 1. The van der Waals surface area contributed by atoms with Crippen LogP contribution < -0.4 is 11.1 Å². The van der Waals surface area contributed by atoms with Gasteiger partial charge in [0.05, 0.1) is 12.1 Å². The summed E-state index contributed by atoms with van der Waals surface area (Å²) in [5.74, 6) is -0.748. The number of benzene rings is 2. The first-order chi connectivity index (χ1) is 13.8. The smallest absolute Gasteiger partial charge is 0.408 e. The van der Waals surface area contributed by atoms with E-state index < -0.39 is 18.5 Å². The topological polar surface area (TPSA) is 73.5 Å². The minimum absolute atomic E-state index is 0.104. The average molecular weight is 408 g/mol. The van der Waals surface area contributed by atoms with Gasteiger partial charge in [0.25, 0.3) is 0 Å². The van der Waals surface area contributed by atoms with Crippen LogP contribution in [-0.4, -0.2) is 23.3 Å². The minimum atomic E-state index is -4.35. The molecule has 1 N–H and O–H groups in total. The zero-order valence-electron chi connectivity index (χ0n) is 15.4. The molecule has 0 spiro atoms. The maximum Gasteiger partial charge on any atom is 0.419 e. The van der Waals surface area contributed by atoms with Crippen LogP contribution in [-0.2, 0) is 29.2 Å². The second kappa shape index (κ2) is 8.95. The Labute approximate surface area is 163 Å². The number of para-hydroxylation sites is 2. The third kappa shape index (κ3) is 5.95. The van der Waals surface area contributed by atoms with E-state index in [0.717, 1.165) is 5.56 Å². The van der Waals surface area contributed by atoms with Gasteiger partial charge in [-0.05, 0) is 23.3 Å². The van der Waals surface area contributed by atoms with Gasteiger partial charge >= 0.3 is 11.9 Å². The molecule has 0 aliphatic rings. The SMILES string of the molecule is O=C(CCn1c(=O)oc2ccccc21)NCc1ccc(COCC(F)(F)F)cc1. The molecule has 154 valence electrons. The van der Waals surface area contributed by atoms with E-state index in [4.69, 9.17) is 4.42 Å². The molecule has 3 aromatic rings. The highest BCUT2D eigenvalue weighted by atomic mass is 19.4. The molecule has 0 radical (unpaired) electrons. The highest BCUT2D eigenvalue weighted by molar-refractivity contribution is 5.76. The Morgan fingerprint density at radius 2 is 1.76 bits per heavy atom. The lowest BCUT2D eigenvalue weighted by atomic mass is 10.1. The van der Waals surface area contributed by atoms with Crippen molar-refractivity contribution in [3.8, 4) is 0 Å². The van der Waals surface area contributed by atoms with E-state index in [1.54, 1.807) is 48.5 Å². The Hall–Kier alpha value is -3.07. The van der Waals surface area contributed by atoms with Crippen molar-refractivity contribution in [3.05, 3.63) is 70.2 Å². The highest BCUT2D eigenvalue weighted by Crippen LogP contribution is 2.16. The lowest BCUT2D eigenvalue weighted by Crippen LogP contribution is -2.25. The van der Waals surface area contributed by atoms with E-state index in [9.17, 15) is 22.8 Å². The molecule has 1 aromatic heterocycles. The number of aromatic nitrogens is 1. The molecular weight excluding hydrogens is 389 g/mol. The fourth-order valence-corrected chi connectivity index (χ4v) is 2.77. The van der Waals surface area contributed by atoms with Crippen molar-refractivity contribution in [3.63, 3.8) is 0 Å². The van der Waals surface area contributed by atoms with Gasteiger partial charge in [-0.1, -0.05) is 36.4 Å². The number of halogens is 3. The largest absolute Gasteiger partial charge is 0.419 e. The van der Waals surface area contributed by atoms with E-state index in [0.29, 0.717) is 16.7 Å². The fourth-order valence-electron chi connectivity index (χ4n) is 2.77. The number of aryl methyl sites for hydroxylation is 1. The van der Waals surface area contributed by atoms with Crippen LogP contribution in [0.2, 0.25) is 0 Å². The molecule has 0 bridgehead atoms. The van der Waals surface area contributed by atoms with Crippen molar-refractivity contribution in [2.75, 3.05) is 6.61 Å². The second-order valence-electron chi connectivity index (χ2n) is 6.44. The molecule has 29 heavy (non-hydrogen) atoms. The number of nitrogens with zero attached hydrogens (tertiary/aromatic N) is 1. The summed E-state index contributed by atoms with van der Waals surface area (Å²) in [7, 11) is 0. The summed E-state index contributed by atoms with van der Waals surface area (Å²) in [5.41, 5.74) is 2.50. The van der Waals surface area contributed by atoms with E-state index in [2.05, 4.69) is 10.1 Å². The fraction of sp³-hybridized carbons (Fsp3) is 0.300. The van der Waals surface area contributed by atoms with Gasteiger partial charge in [-0.15, -0.1) is 0 Å². The Balaban J connectivity index is 1.45. The van der Waals surface area contributed by atoms with Crippen LogP contribution in [0.15, 0.2) is 57.7 Å². The second-order valence-corrected chi connectivity index (χ2v) is 6.44. The van der Waals surface area contributed by atoms with Gasteiger partial charge in [0.1, 0.15) is 6.61 Å². The van der Waals surface area contributed by atoms with Crippen molar-refractivity contribution in [2.45, 2.75) is 32.3 Å². The van der Waals surface area contributed by atoms with Gasteiger partial charge in [-0.2, -0.15) is 13.2 Å². The highest BCUT2D eigenvalue weighted by Gasteiger charge is 2.27. The monoisotopic (exact) mass is 408 g/mol. The minimum Gasteiger partial charge on any atom is -0.408 e. The van der Waals surface area contributed by atoms with Gasteiger partial charge < -0.3 is 14.5 Å². The first-order valence-corrected chi connectivity index (χ1v) is 8.89. The third-order valence-electron chi connectivity index (χ3n) is 4.18. The summed E-state index contributed by atoms with van der Waals surface area (Å²) in [6.07, 6.45) is -4.25. The molecule has 2 aromatic carbocycles. The predicted octanol–water partition coefficient (Wildman–Crippen LogP) is 3.38. The summed E-state index contributed by atoms with van der Waals surface area (Å²) in [5, 5.41) is 2.75. The summed E-state index contributed by atoms with van der Waals surface area (Å²) < 4.78 is 47.3. The maximum atomic E-state index is 12.1. The number of hydrogen-bond donors (Lipinski definition) is 1. The van der Waals surface area contributed by atoms with Crippen molar-refractivity contribution < 1.29 is 27.1 Å². The molecule has 1 heterocycles. The van der Waals surface area contributed by atoms with Crippen LogP contribution in [0.4, 0.5) is 13.2 Å². The zero-order valence-corrected chi connectivity index (χ0v) is 15.4. The zero-order chi connectivity index (χ0) is 20.9. The molecule has 0 unspecified atom stereocenters. The van der Waals surface area contributed by atoms with Crippen LogP contribution in [0.3, 0.4) is 0 Å². The van der Waals surface area contributed by atoms with Gasteiger partial charge in [0.15, 0.2) is 5.58 Å². The summed E-state index contributed by atoms with van der Waals surface area (Å²) in [4.78, 5) is 24.0. The van der Waals surface area contributed by atoms with E-state index in [1.165, 1.54) is 4.57 Å². The van der Waals surface area contributed by atoms with Crippen LogP contribution in [0.5, 0.6) is 0 Å². The average Bonchev–Trinajstić information content (AvgIpc) is 3.00. The predicted molar refractivity (Wildman–Crippen MR) is 99.1 cm³/mol. The van der Waals surface area contributed by atoms with Crippen molar-refractivity contribution in [1.29, 1.82) is 0 Å². The molecular formula is C20H19F3N2O4. The Bertz CT molecular complexity index is 1020. The number of carbonyl (C=O) groups is 1. The summed E-state index contributed by atoms with van der Waals surface area (Å²) >= 11 is 0. The standard InChI is InChI=1S/C20H19F3N2O4/c21-20(22,23)13-28-12-15-7-5-14(6-8-15)11-24-18(26)9-10-25-16-3-1-2-4-17(16)29-19(25)27/h1-8H,9-13H2,(H,24,26).